The van der Waals surface area contributed by atoms with Crippen molar-refractivity contribution in [2.45, 2.75) is 45.1 Å². The van der Waals surface area contributed by atoms with Gasteiger partial charge in [-0.3, -0.25) is 0 Å². The average Bonchev–Trinajstić information content (AvgIpc) is 3.47. The van der Waals surface area contributed by atoms with Gasteiger partial charge in [-0.2, -0.15) is 0 Å². The Labute approximate surface area is 233 Å². The minimum absolute atomic E-state index is 0.280. The van der Waals surface area contributed by atoms with E-state index in [1.54, 1.807) is 30.6 Å². The molecule has 0 aliphatic heterocycles. The zero-order valence-corrected chi connectivity index (χ0v) is 23.0. The number of anilines is 2. The van der Waals surface area contributed by atoms with E-state index >= 15 is 0 Å². The fourth-order valence-corrected chi connectivity index (χ4v) is 5.99. The predicted octanol–water partition coefficient (Wildman–Crippen LogP) is 8.20. The molecule has 6 nitrogen and oxygen atoms in total. The molecule has 1 aliphatic carbocycles. The maximum absolute atomic E-state index is 11.4. The van der Waals surface area contributed by atoms with Crippen molar-refractivity contribution in [3.63, 3.8) is 0 Å². The van der Waals surface area contributed by atoms with Crippen LogP contribution in [-0.4, -0.2) is 29.7 Å². The summed E-state index contributed by atoms with van der Waals surface area (Å²) in [6.07, 6.45) is 7.59. The van der Waals surface area contributed by atoms with E-state index in [1.807, 2.05) is 60.7 Å². The highest BCUT2D eigenvalue weighted by Gasteiger charge is 2.20. The number of hydrogen-bond donors (Lipinski definition) is 1. The van der Waals surface area contributed by atoms with Crippen LogP contribution in [-0.2, 0) is 6.61 Å². The number of thiazole rings is 1. The van der Waals surface area contributed by atoms with Crippen molar-refractivity contribution in [1.29, 1.82) is 0 Å². The van der Waals surface area contributed by atoms with Crippen LogP contribution in [0.4, 0.5) is 10.8 Å². The molecule has 0 spiro atoms. The number of aromatic carboxylic acids is 1. The van der Waals surface area contributed by atoms with Crippen LogP contribution in [0, 0.1) is 5.92 Å². The third kappa shape index (κ3) is 6.79. The molecule has 1 saturated carbocycles. The smallest absolute Gasteiger partial charge is 0.335 e. The van der Waals surface area contributed by atoms with E-state index < -0.39 is 5.97 Å². The first-order valence-corrected chi connectivity index (χ1v) is 14.4. The van der Waals surface area contributed by atoms with Crippen LogP contribution in [0.3, 0.4) is 0 Å². The molecular weight excluding hydrogens is 508 g/mol. The van der Waals surface area contributed by atoms with Gasteiger partial charge in [0.2, 0.25) is 0 Å². The van der Waals surface area contributed by atoms with Crippen molar-refractivity contribution in [3.8, 4) is 22.8 Å². The van der Waals surface area contributed by atoms with Crippen molar-refractivity contribution in [1.82, 2.24) is 4.98 Å². The van der Waals surface area contributed by atoms with E-state index in [4.69, 9.17) is 14.5 Å². The van der Waals surface area contributed by atoms with Gasteiger partial charge in [0, 0.05) is 23.2 Å². The van der Waals surface area contributed by atoms with Gasteiger partial charge in [-0.05, 0) is 60.4 Å². The topological polar surface area (TPSA) is 71.9 Å². The summed E-state index contributed by atoms with van der Waals surface area (Å²) in [6.45, 7) is 1.29. The van der Waals surface area contributed by atoms with Crippen molar-refractivity contribution in [3.05, 3.63) is 89.3 Å². The zero-order chi connectivity index (χ0) is 27.0. The Morgan fingerprint density at radius 2 is 1.79 bits per heavy atom. The monoisotopic (exact) mass is 542 g/mol. The number of carbonyl (C=O) groups is 1. The molecule has 5 rings (SSSR count). The largest absolute Gasteiger partial charge is 0.497 e. The van der Waals surface area contributed by atoms with Gasteiger partial charge in [0.25, 0.3) is 0 Å². The van der Waals surface area contributed by atoms with Gasteiger partial charge >= 0.3 is 5.97 Å². The lowest BCUT2D eigenvalue weighted by Gasteiger charge is -2.27. The molecule has 1 fully saturated rings. The van der Waals surface area contributed by atoms with Crippen LogP contribution < -0.4 is 14.4 Å². The molecule has 1 heterocycles. The Morgan fingerprint density at radius 1 is 1.03 bits per heavy atom. The minimum atomic E-state index is -0.923. The number of nitrogens with zero attached hydrogens (tertiary/aromatic N) is 2. The van der Waals surface area contributed by atoms with Crippen LogP contribution >= 0.6 is 11.3 Å². The first kappa shape index (κ1) is 26.8. The van der Waals surface area contributed by atoms with Crippen molar-refractivity contribution in [2.75, 3.05) is 18.6 Å². The maximum Gasteiger partial charge on any atom is 0.335 e. The second-order valence-electron chi connectivity index (χ2n) is 9.95. The number of hydrogen-bond acceptors (Lipinski definition) is 6. The van der Waals surface area contributed by atoms with Crippen LogP contribution in [0.1, 0.15) is 54.4 Å². The molecule has 1 N–H and O–H groups in total. The molecule has 202 valence electrons. The van der Waals surface area contributed by atoms with E-state index in [2.05, 4.69) is 10.3 Å². The van der Waals surface area contributed by atoms with Crippen LogP contribution in [0.2, 0.25) is 0 Å². The summed E-state index contributed by atoms with van der Waals surface area (Å²) in [6, 6.07) is 23.0. The molecule has 0 bridgehead atoms. The quantitative estimate of drug-likeness (QED) is 0.206. The summed E-state index contributed by atoms with van der Waals surface area (Å²) in [4.78, 5) is 18.7. The number of carboxylic acid groups (broad SMARTS) is 1. The van der Waals surface area contributed by atoms with E-state index in [1.165, 1.54) is 32.1 Å². The Morgan fingerprint density at radius 3 is 2.51 bits per heavy atom. The molecule has 4 aromatic rings. The zero-order valence-electron chi connectivity index (χ0n) is 22.2. The number of rotatable bonds is 11. The fraction of sp³-hybridized carbons (Fsp3) is 0.312. The van der Waals surface area contributed by atoms with Gasteiger partial charge in [-0.1, -0.05) is 62.4 Å². The summed E-state index contributed by atoms with van der Waals surface area (Å²) >= 11 is 1.58. The number of carboxylic acids is 1. The molecule has 3 aromatic carbocycles. The highest BCUT2D eigenvalue weighted by molar-refractivity contribution is 7.14. The SMILES string of the molecule is COc1ccc(OCc2ccccc2)c(-c2csc(N(CCC3CCCCC3)c3ccc(C(=O)O)cc3)n2)c1. The summed E-state index contributed by atoms with van der Waals surface area (Å²) in [5.41, 5.74) is 4.02. The summed E-state index contributed by atoms with van der Waals surface area (Å²) in [7, 11) is 1.66. The lowest BCUT2D eigenvalue weighted by molar-refractivity contribution is 0.0697. The molecule has 7 heteroatoms. The first-order valence-electron chi connectivity index (χ1n) is 13.5. The number of methoxy groups -OCH3 is 1. The Kier molecular flexibility index (Phi) is 8.78. The van der Waals surface area contributed by atoms with Gasteiger partial charge in [0.05, 0.1) is 18.4 Å². The van der Waals surface area contributed by atoms with E-state index in [-0.39, 0.29) is 5.56 Å². The van der Waals surface area contributed by atoms with E-state index in [9.17, 15) is 9.90 Å². The van der Waals surface area contributed by atoms with Gasteiger partial charge < -0.3 is 19.5 Å². The summed E-state index contributed by atoms with van der Waals surface area (Å²) in [5, 5.41) is 12.3. The van der Waals surface area contributed by atoms with E-state index in [0.717, 1.165) is 58.0 Å². The highest BCUT2D eigenvalue weighted by atomic mass is 32.1. The number of benzene rings is 3. The second-order valence-corrected chi connectivity index (χ2v) is 10.8. The van der Waals surface area contributed by atoms with Crippen LogP contribution in [0.15, 0.2) is 78.2 Å². The Hall–Kier alpha value is -3.84. The van der Waals surface area contributed by atoms with Crippen molar-refractivity contribution >= 4 is 28.1 Å². The lowest BCUT2D eigenvalue weighted by Crippen LogP contribution is -2.22. The lowest BCUT2D eigenvalue weighted by atomic mass is 9.87. The molecule has 0 unspecified atom stereocenters. The predicted molar refractivity (Wildman–Crippen MR) is 156 cm³/mol. The molecule has 0 amide bonds. The molecule has 0 radical (unpaired) electrons. The Bertz CT molecular complexity index is 1360. The standard InChI is InChI=1S/C32H34N2O4S/c1-37-27-16-17-30(38-21-24-10-6-3-7-11-24)28(20-27)29-22-39-32(33-29)34(19-18-23-8-4-2-5-9-23)26-14-12-25(13-15-26)31(35)36/h3,6-7,10-17,20,22-23H,2,4-5,8-9,18-19,21H2,1H3,(H,35,36). The molecule has 39 heavy (non-hydrogen) atoms. The molecular formula is C32H34N2O4S. The molecule has 0 saturated heterocycles. The fourth-order valence-electron chi connectivity index (χ4n) is 5.12. The Balaban J connectivity index is 1.43. The average molecular weight is 543 g/mol. The summed E-state index contributed by atoms with van der Waals surface area (Å²) < 4.78 is 11.7. The van der Waals surface area contributed by atoms with Gasteiger partial charge in [0.1, 0.15) is 18.1 Å². The normalized spacial score (nSPS) is 13.7. The van der Waals surface area contributed by atoms with Gasteiger partial charge in [0.15, 0.2) is 5.13 Å². The molecule has 1 aliphatic rings. The number of aromatic nitrogens is 1. The summed E-state index contributed by atoms with van der Waals surface area (Å²) in [5.74, 6) is 1.28. The third-order valence-corrected chi connectivity index (χ3v) is 8.20. The van der Waals surface area contributed by atoms with Gasteiger partial charge in [-0.25, -0.2) is 9.78 Å². The molecule has 0 atom stereocenters. The third-order valence-electron chi connectivity index (χ3n) is 7.33. The second kappa shape index (κ2) is 12.8. The van der Waals surface area contributed by atoms with Crippen LogP contribution in [0.5, 0.6) is 11.5 Å². The van der Waals surface area contributed by atoms with E-state index in [0.29, 0.717) is 6.61 Å². The van der Waals surface area contributed by atoms with Crippen LogP contribution in [0.25, 0.3) is 11.3 Å². The number of ether oxygens (including phenoxy) is 2. The van der Waals surface area contributed by atoms with Crippen molar-refractivity contribution in [2.24, 2.45) is 5.92 Å². The highest BCUT2D eigenvalue weighted by Crippen LogP contribution is 2.39. The first-order chi connectivity index (χ1) is 19.1. The minimum Gasteiger partial charge on any atom is -0.497 e. The van der Waals surface area contributed by atoms with Crippen molar-refractivity contribution < 1.29 is 19.4 Å². The molecule has 1 aromatic heterocycles. The maximum atomic E-state index is 11.4. The van der Waals surface area contributed by atoms with Gasteiger partial charge in [-0.15, -0.1) is 11.3 Å².